The molecule has 0 bridgehead atoms. The monoisotopic (exact) mass is 291 g/mol. The summed E-state index contributed by atoms with van der Waals surface area (Å²) < 4.78 is 0. The maximum Gasteiger partial charge on any atom is 0.279 e. The molecular weight excluding hydrogens is 262 g/mol. The van der Waals surface area contributed by atoms with Crippen molar-refractivity contribution in [2.75, 3.05) is 44.6 Å². The van der Waals surface area contributed by atoms with Crippen LogP contribution < -0.4 is 15.1 Å². The van der Waals surface area contributed by atoms with Crippen molar-refractivity contribution in [2.45, 2.75) is 27.2 Å². The van der Waals surface area contributed by atoms with Crippen LogP contribution in [0, 0.1) is 13.8 Å². The molecule has 21 heavy (non-hydrogen) atoms. The molecule has 0 atom stereocenters. The number of rotatable bonds is 5. The summed E-state index contributed by atoms with van der Waals surface area (Å²) >= 11 is 0. The molecule has 2 rings (SSSR count). The van der Waals surface area contributed by atoms with Crippen LogP contribution >= 0.6 is 0 Å². The van der Waals surface area contributed by atoms with E-state index in [1.54, 1.807) is 4.90 Å². The van der Waals surface area contributed by atoms with E-state index in [0.717, 1.165) is 24.3 Å². The predicted molar refractivity (Wildman–Crippen MR) is 86.0 cm³/mol. The van der Waals surface area contributed by atoms with Crippen LogP contribution in [0.2, 0.25) is 0 Å². The number of nitrogens with one attached hydrogen (secondary N) is 3. The molecule has 1 aromatic carbocycles. The van der Waals surface area contributed by atoms with Crippen LogP contribution in [0.5, 0.6) is 0 Å². The van der Waals surface area contributed by atoms with Crippen LogP contribution in [-0.2, 0) is 4.79 Å². The normalized spacial score (nSPS) is 22.0. The van der Waals surface area contributed by atoms with Crippen LogP contribution in [0.25, 0.3) is 0 Å². The zero-order valence-corrected chi connectivity index (χ0v) is 13.6. The van der Waals surface area contributed by atoms with E-state index in [9.17, 15) is 4.79 Å². The maximum absolute atomic E-state index is 12.2. The van der Waals surface area contributed by atoms with Gasteiger partial charge in [0, 0.05) is 5.69 Å². The van der Waals surface area contributed by atoms with Gasteiger partial charge in [-0.25, -0.2) is 0 Å². The van der Waals surface area contributed by atoms with Crippen molar-refractivity contribution in [2.24, 2.45) is 0 Å². The van der Waals surface area contributed by atoms with Gasteiger partial charge in [-0.1, -0.05) is 24.6 Å². The first-order valence-corrected chi connectivity index (χ1v) is 8.12. The number of amides is 1. The van der Waals surface area contributed by atoms with Crippen molar-refractivity contribution in [3.8, 4) is 0 Å². The van der Waals surface area contributed by atoms with Gasteiger partial charge in [-0.2, -0.15) is 0 Å². The second-order valence-electron chi connectivity index (χ2n) is 6.29. The smallest absolute Gasteiger partial charge is 0.279 e. The zero-order chi connectivity index (χ0) is 15.2. The number of carbonyl (C=O) groups is 1. The third-order valence-corrected chi connectivity index (χ3v) is 4.33. The second kappa shape index (κ2) is 7.57. The number of anilines is 1. The fourth-order valence-corrected chi connectivity index (χ4v) is 3.11. The molecule has 1 fully saturated rings. The molecule has 4 nitrogen and oxygen atoms in total. The van der Waals surface area contributed by atoms with Crippen LogP contribution in [0.15, 0.2) is 18.2 Å². The number of quaternary nitrogens is 2. The van der Waals surface area contributed by atoms with Gasteiger partial charge in [-0.05, 0) is 31.9 Å². The number of carbonyl (C=O) groups excluding carboxylic acids is 1. The third-order valence-electron chi connectivity index (χ3n) is 4.33. The molecule has 1 heterocycles. The first kappa shape index (κ1) is 16.0. The van der Waals surface area contributed by atoms with Crippen LogP contribution in [0.4, 0.5) is 5.69 Å². The second-order valence-corrected chi connectivity index (χ2v) is 6.29. The fraction of sp³-hybridized carbons (Fsp3) is 0.588. The van der Waals surface area contributed by atoms with Gasteiger partial charge in [0.2, 0.25) is 0 Å². The lowest BCUT2D eigenvalue weighted by Crippen LogP contribution is -3.28. The average molecular weight is 291 g/mol. The van der Waals surface area contributed by atoms with E-state index in [1.165, 1.54) is 36.5 Å². The summed E-state index contributed by atoms with van der Waals surface area (Å²) in [7, 11) is 0. The summed E-state index contributed by atoms with van der Waals surface area (Å²) in [6.07, 6.45) is 1.25. The molecule has 0 aromatic heterocycles. The van der Waals surface area contributed by atoms with Gasteiger partial charge >= 0.3 is 0 Å². The van der Waals surface area contributed by atoms with E-state index < -0.39 is 0 Å². The minimum Gasteiger partial charge on any atom is -0.326 e. The Kier molecular flexibility index (Phi) is 5.76. The van der Waals surface area contributed by atoms with Crippen LogP contribution in [0.3, 0.4) is 0 Å². The van der Waals surface area contributed by atoms with E-state index in [1.807, 2.05) is 19.1 Å². The van der Waals surface area contributed by atoms with Crippen molar-refractivity contribution in [1.29, 1.82) is 0 Å². The van der Waals surface area contributed by atoms with Crippen molar-refractivity contribution >= 4 is 11.6 Å². The number of benzene rings is 1. The quantitative estimate of drug-likeness (QED) is 0.668. The molecule has 0 aliphatic carbocycles. The molecule has 0 radical (unpaired) electrons. The minimum atomic E-state index is 0.135. The van der Waals surface area contributed by atoms with E-state index >= 15 is 0 Å². The number of piperazine rings is 1. The molecule has 1 saturated heterocycles. The Balaban J connectivity index is 1.80. The predicted octanol–water partition coefficient (Wildman–Crippen LogP) is -0.565. The largest absolute Gasteiger partial charge is 0.326 e. The van der Waals surface area contributed by atoms with Gasteiger partial charge in [-0.15, -0.1) is 0 Å². The van der Waals surface area contributed by atoms with E-state index in [2.05, 4.69) is 25.2 Å². The summed E-state index contributed by atoms with van der Waals surface area (Å²) in [6, 6.07) is 6.15. The van der Waals surface area contributed by atoms with Gasteiger partial charge in [0.25, 0.3) is 5.91 Å². The van der Waals surface area contributed by atoms with E-state index in [4.69, 9.17) is 0 Å². The van der Waals surface area contributed by atoms with Crippen LogP contribution in [-0.4, -0.2) is 45.2 Å². The molecule has 1 aromatic rings. The molecule has 116 valence electrons. The van der Waals surface area contributed by atoms with Crippen molar-refractivity contribution in [3.05, 3.63) is 29.3 Å². The summed E-state index contributed by atoms with van der Waals surface area (Å²) in [6.45, 7) is 12.8. The molecule has 1 aliphatic heterocycles. The average Bonchev–Trinajstić information content (AvgIpc) is 2.44. The Hall–Kier alpha value is -1.39. The number of hydrogen-bond donors (Lipinski definition) is 3. The lowest BCUT2D eigenvalue weighted by molar-refractivity contribution is -1.01. The fourth-order valence-electron chi connectivity index (χ4n) is 3.11. The Morgan fingerprint density at radius 3 is 2.43 bits per heavy atom. The molecule has 4 heteroatoms. The molecule has 3 N–H and O–H groups in total. The van der Waals surface area contributed by atoms with E-state index in [0.29, 0.717) is 6.54 Å². The third kappa shape index (κ3) is 4.83. The first-order chi connectivity index (χ1) is 10.1. The molecule has 1 aliphatic rings. The maximum atomic E-state index is 12.2. The number of aryl methyl sites for hydroxylation is 2. The van der Waals surface area contributed by atoms with Crippen molar-refractivity contribution < 1.29 is 14.6 Å². The molecule has 1 amide bonds. The summed E-state index contributed by atoms with van der Waals surface area (Å²) in [5.74, 6) is 0.135. The molecule has 0 spiro atoms. The number of hydrogen-bond acceptors (Lipinski definition) is 1. The highest BCUT2D eigenvalue weighted by Crippen LogP contribution is 2.15. The molecule has 0 saturated carbocycles. The highest BCUT2D eigenvalue weighted by atomic mass is 16.2. The standard InChI is InChI=1S/C17H27N3O/c1-4-7-19-8-10-20(11-9-19)13-17(21)18-16-6-5-14(2)12-15(16)3/h5-6,12H,4,7-11,13H2,1-3H3,(H,18,21)/p+2. The Bertz CT molecular complexity index is 479. The Labute approximate surface area is 128 Å². The SMILES string of the molecule is CCC[NH+]1CC[NH+](CC(=O)Nc2ccc(C)cc2C)CC1. The van der Waals surface area contributed by atoms with E-state index in [-0.39, 0.29) is 5.91 Å². The highest BCUT2D eigenvalue weighted by Gasteiger charge is 2.24. The molecular formula is C17H29N3O+2. The summed E-state index contributed by atoms with van der Waals surface area (Å²) in [4.78, 5) is 15.3. The van der Waals surface area contributed by atoms with Gasteiger partial charge < -0.3 is 15.1 Å². The zero-order valence-electron chi connectivity index (χ0n) is 13.6. The van der Waals surface area contributed by atoms with Gasteiger partial charge in [0.1, 0.15) is 26.2 Å². The van der Waals surface area contributed by atoms with Crippen molar-refractivity contribution in [1.82, 2.24) is 0 Å². The molecule has 0 unspecified atom stereocenters. The summed E-state index contributed by atoms with van der Waals surface area (Å²) in [5.41, 5.74) is 3.31. The highest BCUT2D eigenvalue weighted by molar-refractivity contribution is 5.92. The van der Waals surface area contributed by atoms with Gasteiger partial charge in [0.05, 0.1) is 6.54 Å². The van der Waals surface area contributed by atoms with Gasteiger partial charge in [0.15, 0.2) is 6.54 Å². The van der Waals surface area contributed by atoms with Gasteiger partial charge in [-0.3, -0.25) is 4.79 Å². The first-order valence-electron chi connectivity index (χ1n) is 8.12. The van der Waals surface area contributed by atoms with Crippen molar-refractivity contribution in [3.63, 3.8) is 0 Å². The topological polar surface area (TPSA) is 38.0 Å². The van der Waals surface area contributed by atoms with Crippen LogP contribution in [0.1, 0.15) is 24.5 Å². The minimum absolute atomic E-state index is 0.135. The Morgan fingerprint density at radius 1 is 1.14 bits per heavy atom. The Morgan fingerprint density at radius 2 is 1.81 bits per heavy atom. The lowest BCUT2D eigenvalue weighted by Gasteiger charge is -2.29. The lowest BCUT2D eigenvalue weighted by atomic mass is 10.1. The summed E-state index contributed by atoms with van der Waals surface area (Å²) in [5, 5.41) is 3.05.